The normalized spacial score (nSPS) is 11.9. The maximum absolute atomic E-state index is 12.7. The zero-order chi connectivity index (χ0) is 24.7. The average molecular weight is 492 g/mol. The predicted octanol–water partition coefficient (Wildman–Crippen LogP) is 6.29. The monoisotopic (exact) mass is 491 g/mol. The summed E-state index contributed by atoms with van der Waals surface area (Å²) in [5, 5.41) is 13.6. The van der Waals surface area contributed by atoms with Gasteiger partial charge in [-0.1, -0.05) is 53.2 Å². The van der Waals surface area contributed by atoms with Crippen LogP contribution in [0.3, 0.4) is 0 Å². The first-order valence-corrected chi connectivity index (χ1v) is 10.5. The summed E-state index contributed by atoms with van der Waals surface area (Å²) in [5.74, 6) is -0.597. The fourth-order valence-electron chi connectivity index (χ4n) is 3.12. The molecule has 0 aromatic heterocycles. The van der Waals surface area contributed by atoms with Crippen molar-refractivity contribution < 1.29 is 32.6 Å². The van der Waals surface area contributed by atoms with Crippen molar-refractivity contribution in [3.63, 3.8) is 0 Å². The molecule has 3 aromatic carbocycles. The number of alkyl halides is 3. The summed E-state index contributed by atoms with van der Waals surface area (Å²) in [6, 6.07) is 17.1. The molecule has 0 saturated carbocycles. The van der Waals surface area contributed by atoms with Crippen molar-refractivity contribution in [3.05, 3.63) is 99.6 Å². The van der Waals surface area contributed by atoms with Gasteiger partial charge in [0.2, 0.25) is 0 Å². The highest BCUT2D eigenvalue weighted by Gasteiger charge is 2.29. The molecule has 0 aliphatic heterocycles. The first kappa shape index (κ1) is 25.1. The largest absolute Gasteiger partial charge is 0.482 e. The first-order chi connectivity index (χ1) is 16.1. The van der Waals surface area contributed by atoms with Crippen molar-refractivity contribution in [1.82, 2.24) is 0 Å². The van der Waals surface area contributed by atoms with Crippen LogP contribution < -0.4 is 4.74 Å². The summed E-state index contributed by atoms with van der Waals surface area (Å²) < 4.78 is 43.5. The third-order valence-corrected chi connectivity index (χ3v) is 5.08. The van der Waals surface area contributed by atoms with Crippen molar-refractivity contribution in [3.8, 4) is 5.75 Å². The van der Waals surface area contributed by atoms with Crippen molar-refractivity contribution >= 4 is 23.3 Å². The second-order valence-corrected chi connectivity index (χ2v) is 7.91. The number of aryl methyl sites for hydroxylation is 1. The highest BCUT2D eigenvalue weighted by Crippen LogP contribution is 2.29. The zero-order valence-corrected chi connectivity index (χ0v) is 18.9. The molecular weight excluding hydrogens is 471 g/mol. The number of carboxylic acids is 1. The Morgan fingerprint density at radius 3 is 2.24 bits per heavy atom. The van der Waals surface area contributed by atoms with Gasteiger partial charge in [0.15, 0.2) is 6.61 Å². The van der Waals surface area contributed by atoms with E-state index in [4.69, 9.17) is 26.3 Å². The molecule has 3 aromatic rings. The fourth-order valence-corrected chi connectivity index (χ4v) is 3.25. The van der Waals surface area contributed by atoms with Gasteiger partial charge < -0.3 is 14.7 Å². The minimum absolute atomic E-state index is 0.00375. The molecule has 0 saturated heterocycles. The minimum Gasteiger partial charge on any atom is -0.482 e. The second kappa shape index (κ2) is 11.1. The molecule has 5 nitrogen and oxygen atoms in total. The zero-order valence-electron chi connectivity index (χ0n) is 18.1. The molecule has 178 valence electrons. The number of carboxylic acid groups (broad SMARTS) is 1. The molecule has 0 unspecified atom stereocenters. The van der Waals surface area contributed by atoms with Crippen LogP contribution in [0, 0.1) is 6.92 Å². The summed E-state index contributed by atoms with van der Waals surface area (Å²) >= 11 is 5.99. The van der Waals surface area contributed by atoms with Crippen molar-refractivity contribution in [1.29, 1.82) is 0 Å². The van der Waals surface area contributed by atoms with Gasteiger partial charge in [-0.15, -0.1) is 0 Å². The minimum atomic E-state index is -4.40. The number of benzene rings is 3. The van der Waals surface area contributed by atoms with Crippen LogP contribution in [0.2, 0.25) is 5.02 Å². The van der Waals surface area contributed by atoms with Gasteiger partial charge in [-0.25, -0.2) is 4.79 Å². The predicted molar refractivity (Wildman–Crippen MR) is 122 cm³/mol. The van der Waals surface area contributed by atoms with E-state index in [9.17, 15) is 18.0 Å². The molecule has 9 heteroatoms. The number of rotatable bonds is 9. The van der Waals surface area contributed by atoms with Gasteiger partial charge in [-0.2, -0.15) is 13.2 Å². The van der Waals surface area contributed by atoms with Crippen LogP contribution in [0.5, 0.6) is 5.75 Å². The van der Waals surface area contributed by atoms with Crippen molar-refractivity contribution in [2.45, 2.75) is 26.1 Å². The molecule has 0 bridgehead atoms. The number of oxime groups is 1. The Morgan fingerprint density at radius 2 is 1.65 bits per heavy atom. The lowest BCUT2D eigenvalue weighted by atomic mass is 10.0. The van der Waals surface area contributed by atoms with E-state index in [2.05, 4.69) is 5.16 Å². The SMILES string of the molecule is Cc1cc(CC(=NOCc2ccc(C(F)(F)F)cc2)c2ccc(Cl)cc2)ccc1OCC(=O)O. The lowest BCUT2D eigenvalue weighted by Crippen LogP contribution is -2.10. The maximum atomic E-state index is 12.7. The van der Waals surface area contributed by atoms with E-state index in [1.807, 2.05) is 6.07 Å². The van der Waals surface area contributed by atoms with E-state index in [0.29, 0.717) is 28.5 Å². The van der Waals surface area contributed by atoms with Gasteiger partial charge in [0, 0.05) is 11.4 Å². The van der Waals surface area contributed by atoms with Crippen LogP contribution in [-0.4, -0.2) is 23.4 Å². The Bertz CT molecular complexity index is 1160. The van der Waals surface area contributed by atoms with Crippen LogP contribution in [0.1, 0.15) is 27.8 Å². The number of halogens is 4. The first-order valence-electron chi connectivity index (χ1n) is 10.2. The number of carbonyl (C=O) groups is 1. The lowest BCUT2D eigenvalue weighted by molar-refractivity contribution is -0.139. The fraction of sp³-hybridized carbons (Fsp3) is 0.200. The Hall–Kier alpha value is -3.52. The van der Waals surface area contributed by atoms with Crippen LogP contribution >= 0.6 is 11.6 Å². The number of hydrogen-bond donors (Lipinski definition) is 1. The number of aliphatic carboxylic acids is 1. The van der Waals surface area contributed by atoms with Gasteiger partial charge in [0.05, 0.1) is 11.3 Å². The highest BCUT2D eigenvalue weighted by molar-refractivity contribution is 6.30. The van der Waals surface area contributed by atoms with Gasteiger partial charge in [0.1, 0.15) is 12.4 Å². The second-order valence-electron chi connectivity index (χ2n) is 7.47. The number of ether oxygens (including phenoxy) is 1. The van der Waals surface area contributed by atoms with E-state index >= 15 is 0 Å². The smallest absolute Gasteiger partial charge is 0.416 e. The molecular formula is C25H21ClF3NO4. The number of hydrogen-bond acceptors (Lipinski definition) is 4. The van der Waals surface area contributed by atoms with Crippen LogP contribution in [0.25, 0.3) is 0 Å². The quantitative estimate of drug-likeness (QED) is 0.282. The number of nitrogens with zero attached hydrogens (tertiary/aromatic N) is 1. The molecule has 0 spiro atoms. The van der Waals surface area contributed by atoms with Crippen LogP contribution in [-0.2, 0) is 28.8 Å². The molecule has 3 rings (SSSR count). The molecule has 0 aliphatic carbocycles. The van der Waals surface area contributed by atoms with Crippen molar-refractivity contribution in [2.75, 3.05) is 6.61 Å². The molecule has 0 heterocycles. The highest BCUT2D eigenvalue weighted by atomic mass is 35.5. The summed E-state index contributed by atoms with van der Waals surface area (Å²) in [6.45, 7) is 1.37. The van der Waals surface area contributed by atoms with E-state index in [0.717, 1.165) is 28.8 Å². The average Bonchev–Trinajstić information content (AvgIpc) is 2.78. The van der Waals surface area contributed by atoms with Crippen molar-refractivity contribution in [2.24, 2.45) is 5.16 Å². The molecule has 1 N–H and O–H groups in total. The molecule has 0 aliphatic rings. The Balaban J connectivity index is 1.76. The van der Waals surface area contributed by atoms with E-state index in [1.54, 1.807) is 43.3 Å². The summed E-state index contributed by atoms with van der Waals surface area (Å²) in [4.78, 5) is 16.2. The van der Waals surface area contributed by atoms with E-state index in [-0.39, 0.29) is 6.61 Å². The molecule has 0 atom stereocenters. The topological polar surface area (TPSA) is 68.1 Å². The van der Waals surface area contributed by atoms with E-state index < -0.39 is 24.3 Å². The third-order valence-electron chi connectivity index (χ3n) is 4.83. The van der Waals surface area contributed by atoms with Gasteiger partial charge in [-0.05, 0) is 59.5 Å². The third kappa shape index (κ3) is 7.25. The summed E-state index contributed by atoms with van der Waals surface area (Å²) in [6.07, 6.45) is -4.01. The van der Waals surface area contributed by atoms with Gasteiger partial charge in [0.25, 0.3) is 0 Å². The molecule has 0 amide bonds. The summed E-state index contributed by atoms with van der Waals surface area (Å²) in [7, 11) is 0. The molecule has 0 radical (unpaired) electrons. The van der Waals surface area contributed by atoms with Gasteiger partial charge >= 0.3 is 12.1 Å². The lowest BCUT2D eigenvalue weighted by Gasteiger charge is -2.11. The Morgan fingerprint density at radius 1 is 1.00 bits per heavy atom. The van der Waals surface area contributed by atoms with Crippen LogP contribution in [0.4, 0.5) is 13.2 Å². The maximum Gasteiger partial charge on any atom is 0.416 e. The Labute approximate surface area is 199 Å². The summed E-state index contributed by atoms with van der Waals surface area (Å²) in [5.41, 5.74) is 2.81. The van der Waals surface area contributed by atoms with Crippen LogP contribution in [0.15, 0.2) is 71.9 Å². The molecule has 0 fully saturated rings. The standard InChI is InChI=1S/C25H21ClF3NO4/c1-16-12-18(4-11-23(16)33-15-24(31)32)13-22(19-5-9-21(26)10-6-19)30-34-14-17-2-7-20(8-3-17)25(27,28)29/h2-12H,13-15H2,1H3,(H,31,32). The van der Waals surface area contributed by atoms with E-state index in [1.165, 1.54) is 12.1 Å². The Kier molecular flexibility index (Phi) is 8.17. The van der Waals surface area contributed by atoms with Gasteiger partial charge in [-0.3, -0.25) is 0 Å². The molecule has 34 heavy (non-hydrogen) atoms.